The highest BCUT2D eigenvalue weighted by atomic mass is 32.1. The molecule has 0 N–H and O–H groups in total. The van der Waals surface area contributed by atoms with Crippen molar-refractivity contribution in [1.29, 1.82) is 0 Å². The van der Waals surface area contributed by atoms with Gasteiger partial charge in [0.05, 0.1) is 0 Å². The second-order valence-corrected chi connectivity index (χ2v) is 14.6. The highest BCUT2D eigenvalue weighted by Gasteiger charge is 2.17. The molecule has 53 heavy (non-hydrogen) atoms. The lowest BCUT2D eigenvalue weighted by Crippen LogP contribution is -2.00. The first-order valence-corrected chi connectivity index (χ1v) is 18.7. The van der Waals surface area contributed by atoms with Crippen molar-refractivity contribution in [2.24, 2.45) is 0 Å². The molecule has 0 saturated heterocycles. The Morgan fingerprint density at radius 1 is 0.321 bits per heavy atom. The van der Waals surface area contributed by atoms with Crippen LogP contribution in [0.5, 0.6) is 0 Å². The second kappa shape index (κ2) is 11.9. The molecule has 0 saturated carbocycles. The van der Waals surface area contributed by atoms with Crippen LogP contribution in [0.3, 0.4) is 0 Å². The van der Waals surface area contributed by atoms with Gasteiger partial charge in [-0.25, -0.2) is 15.0 Å². The summed E-state index contributed by atoms with van der Waals surface area (Å²) in [4.78, 5) is 15.4. The lowest BCUT2D eigenvalue weighted by atomic mass is 9.92. The highest BCUT2D eigenvalue weighted by Crippen LogP contribution is 2.41. The molecule has 0 aliphatic heterocycles. The minimum absolute atomic E-state index is 0.651. The molecule has 9 aromatic carbocycles. The predicted octanol–water partition coefficient (Wildman–Crippen LogP) is 13.5. The molecule has 4 heteroatoms. The SMILES string of the molecule is c1ccc(-c2nc(-c3cccc(-c4ccc5ccc6ccc7c8ccccc8ccc7c6c5c4)c3)nc(-c3cccc4c3sc3ccccc34)n2)cc1. The summed E-state index contributed by atoms with van der Waals surface area (Å²) in [6.45, 7) is 0. The maximum absolute atomic E-state index is 5.19. The predicted molar refractivity (Wildman–Crippen MR) is 224 cm³/mol. The Labute approximate surface area is 309 Å². The molecular formula is C49H29N3S. The quantitative estimate of drug-likeness (QED) is 0.172. The molecule has 2 aromatic heterocycles. The molecule has 0 amide bonds. The fourth-order valence-electron chi connectivity index (χ4n) is 7.92. The molecule has 2 heterocycles. The Bertz CT molecular complexity index is 3240. The van der Waals surface area contributed by atoms with Crippen LogP contribution in [0.15, 0.2) is 176 Å². The van der Waals surface area contributed by atoms with E-state index in [4.69, 9.17) is 15.0 Å². The van der Waals surface area contributed by atoms with E-state index in [0.717, 1.165) is 27.8 Å². The molecule has 3 nitrogen and oxygen atoms in total. The average molecular weight is 692 g/mol. The van der Waals surface area contributed by atoms with Gasteiger partial charge in [-0.05, 0) is 78.5 Å². The number of benzene rings is 9. The van der Waals surface area contributed by atoms with Gasteiger partial charge in [-0.1, -0.05) is 152 Å². The molecule has 0 atom stereocenters. The maximum atomic E-state index is 5.19. The van der Waals surface area contributed by atoms with Crippen LogP contribution in [0.2, 0.25) is 0 Å². The van der Waals surface area contributed by atoms with Gasteiger partial charge in [-0.15, -0.1) is 11.3 Å². The lowest BCUT2D eigenvalue weighted by Gasteiger charge is -2.12. The highest BCUT2D eigenvalue weighted by molar-refractivity contribution is 7.26. The van der Waals surface area contributed by atoms with Gasteiger partial charge in [0.1, 0.15) is 0 Å². The van der Waals surface area contributed by atoms with E-state index in [1.165, 1.54) is 63.3 Å². The summed E-state index contributed by atoms with van der Waals surface area (Å²) in [6, 6.07) is 62.8. The minimum atomic E-state index is 0.651. The first-order valence-electron chi connectivity index (χ1n) is 17.9. The van der Waals surface area contributed by atoms with Crippen LogP contribution in [-0.4, -0.2) is 15.0 Å². The monoisotopic (exact) mass is 691 g/mol. The molecule has 0 bridgehead atoms. The summed E-state index contributed by atoms with van der Waals surface area (Å²) in [7, 11) is 0. The van der Waals surface area contributed by atoms with E-state index in [0.29, 0.717) is 17.5 Å². The number of thiophene rings is 1. The van der Waals surface area contributed by atoms with E-state index < -0.39 is 0 Å². The van der Waals surface area contributed by atoms with Crippen molar-refractivity contribution < 1.29 is 0 Å². The van der Waals surface area contributed by atoms with Crippen LogP contribution in [0.1, 0.15) is 0 Å². The van der Waals surface area contributed by atoms with E-state index in [-0.39, 0.29) is 0 Å². The molecule has 0 fully saturated rings. The molecule has 246 valence electrons. The zero-order valence-electron chi connectivity index (χ0n) is 28.5. The zero-order chi connectivity index (χ0) is 34.9. The van der Waals surface area contributed by atoms with E-state index in [1.54, 1.807) is 11.3 Å². The van der Waals surface area contributed by atoms with Gasteiger partial charge in [0.15, 0.2) is 17.5 Å². The van der Waals surface area contributed by atoms with Crippen molar-refractivity contribution in [2.75, 3.05) is 0 Å². The smallest absolute Gasteiger partial charge is 0.165 e. The van der Waals surface area contributed by atoms with Crippen molar-refractivity contribution in [3.05, 3.63) is 176 Å². The standard InChI is InChI=1S/C49H29N3S/c1-2-11-33(12-3-1)47-50-48(52-49(51-47)42-18-9-17-41-39-16-6-7-19-44(39)53-46(41)42)36-14-8-13-34(28-36)35-23-21-31-20-22-32-25-26-38-37-15-5-4-10-30(37)24-27-40(38)45(32)43(31)29-35/h1-29H. The Morgan fingerprint density at radius 3 is 1.85 bits per heavy atom. The van der Waals surface area contributed by atoms with E-state index in [9.17, 15) is 0 Å². The van der Waals surface area contributed by atoms with Gasteiger partial charge >= 0.3 is 0 Å². The van der Waals surface area contributed by atoms with E-state index >= 15 is 0 Å². The topological polar surface area (TPSA) is 38.7 Å². The molecule has 11 aromatic rings. The summed E-state index contributed by atoms with van der Waals surface area (Å²) < 4.78 is 2.44. The Kier molecular flexibility index (Phi) is 6.73. The fourth-order valence-corrected chi connectivity index (χ4v) is 9.14. The van der Waals surface area contributed by atoms with Gasteiger partial charge in [0.2, 0.25) is 0 Å². The molecule has 0 unspecified atom stereocenters. The average Bonchev–Trinajstić information content (AvgIpc) is 3.62. The summed E-state index contributed by atoms with van der Waals surface area (Å²) in [5.74, 6) is 1.98. The van der Waals surface area contributed by atoms with Crippen LogP contribution in [0.25, 0.3) is 109 Å². The van der Waals surface area contributed by atoms with Gasteiger partial charge in [-0.2, -0.15) is 0 Å². The van der Waals surface area contributed by atoms with E-state index in [1.807, 2.05) is 18.2 Å². The third-order valence-electron chi connectivity index (χ3n) is 10.5. The third-order valence-corrected chi connectivity index (χ3v) is 11.7. The summed E-state index contributed by atoms with van der Waals surface area (Å²) in [6.07, 6.45) is 0. The second-order valence-electron chi connectivity index (χ2n) is 13.6. The van der Waals surface area contributed by atoms with Crippen LogP contribution in [0.4, 0.5) is 0 Å². The number of aromatic nitrogens is 3. The summed E-state index contributed by atoms with van der Waals surface area (Å²) >= 11 is 1.79. The molecular weight excluding hydrogens is 663 g/mol. The largest absolute Gasteiger partial charge is 0.208 e. The number of rotatable bonds is 4. The minimum Gasteiger partial charge on any atom is -0.208 e. The summed E-state index contributed by atoms with van der Waals surface area (Å²) in [5.41, 5.74) is 5.18. The molecule has 11 rings (SSSR count). The van der Waals surface area contributed by atoms with Gasteiger partial charge in [0, 0.05) is 36.9 Å². The first kappa shape index (κ1) is 29.9. The maximum Gasteiger partial charge on any atom is 0.165 e. The van der Waals surface area contributed by atoms with Crippen molar-refractivity contribution in [2.45, 2.75) is 0 Å². The molecule has 0 aliphatic rings. The van der Waals surface area contributed by atoms with Crippen molar-refractivity contribution in [3.8, 4) is 45.3 Å². The van der Waals surface area contributed by atoms with Gasteiger partial charge in [0.25, 0.3) is 0 Å². The number of hydrogen-bond donors (Lipinski definition) is 0. The number of hydrogen-bond acceptors (Lipinski definition) is 4. The molecule has 0 radical (unpaired) electrons. The lowest BCUT2D eigenvalue weighted by molar-refractivity contribution is 1.08. The van der Waals surface area contributed by atoms with Crippen molar-refractivity contribution in [1.82, 2.24) is 15.0 Å². The van der Waals surface area contributed by atoms with Crippen LogP contribution in [-0.2, 0) is 0 Å². The number of nitrogens with zero attached hydrogens (tertiary/aromatic N) is 3. The van der Waals surface area contributed by atoms with Crippen molar-refractivity contribution in [3.63, 3.8) is 0 Å². The first-order chi connectivity index (χ1) is 26.2. The summed E-state index contributed by atoms with van der Waals surface area (Å²) in [5, 5.41) is 12.6. The zero-order valence-corrected chi connectivity index (χ0v) is 29.3. The fraction of sp³-hybridized carbons (Fsp3) is 0. The van der Waals surface area contributed by atoms with Crippen LogP contribution >= 0.6 is 11.3 Å². The van der Waals surface area contributed by atoms with Crippen LogP contribution in [0, 0.1) is 0 Å². The van der Waals surface area contributed by atoms with Gasteiger partial charge < -0.3 is 0 Å². The molecule has 0 spiro atoms. The Morgan fingerprint density at radius 2 is 0.925 bits per heavy atom. The molecule has 0 aliphatic carbocycles. The van der Waals surface area contributed by atoms with Crippen LogP contribution < -0.4 is 0 Å². The van der Waals surface area contributed by atoms with E-state index in [2.05, 4.69) is 158 Å². The third kappa shape index (κ3) is 4.91. The normalized spacial score (nSPS) is 11.8. The van der Waals surface area contributed by atoms with Crippen molar-refractivity contribution >= 4 is 74.6 Å². The Hall–Kier alpha value is -6.75. The van der Waals surface area contributed by atoms with Gasteiger partial charge in [-0.3, -0.25) is 0 Å². The number of fused-ring (bicyclic) bond motifs is 10. The Balaban J connectivity index is 1.09.